The molecule has 0 aliphatic rings. The second-order valence-electron chi connectivity index (χ2n) is 5.45. The van der Waals surface area contributed by atoms with Gasteiger partial charge in [0.2, 0.25) is 6.20 Å². The first-order chi connectivity index (χ1) is 11.0. The van der Waals surface area contributed by atoms with E-state index in [4.69, 9.17) is 0 Å². The zero-order valence-electron chi connectivity index (χ0n) is 14.3. The Morgan fingerprint density at radius 1 is 1.09 bits per heavy atom. The molecule has 0 aromatic rings. The van der Waals surface area contributed by atoms with Gasteiger partial charge in [0, 0.05) is 6.08 Å². The van der Waals surface area contributed by atoms with E-state index >= 15 is 0 Å². The molecule has 0 saturated carbocycles. The number of hydrogen-bond donors (Lipinski definition) is 0. The predicted molar refractivity (Wildman–Crippen MR) is 92.5 cm³/mol. The van der Waals surface area contributed by atoms with Crippen LogP contribution < -0.4 is 0 Å². The monoisotopic (exact) mass is 321 g/mol. The minimum atomic E-state index is -0.437. The maximum Gasteiger partial charge on any atom is 0.330 e. The van der Waals surface area contributed by atoms with E-state index in [2.05, 4.69) is 16.9 Å². The number of methoxy groups -OCH3 is 1. The van der Waals surface area contributed by atoms with Crippen LogP contribution in [0, 0.1) is 10.1 Å². The summed E-state index contributed by atoms with van der Waals surface area (Å²) in [5.74, 6) is -0.336. The summed E-state index contributed by atoms with van der Waals surface area (Å²) in [7, 11) is 1.36. The molecule has 0 heterocycles. The van der Waals surface area contributed by atoms with E-state index in [0.29, 0.717) is 0 Å². The Bertz CT molecular complexity index is 483. The van der Waals surface area contributed by atoms with Crippen LogP contribution in [0.4, 0.5) is 0 Å². The number of carbonyl (C=O) groups excluding carboxylic acids is 1. The Kier molecular flexibility index (Phi) is 12.2. The second kappa shape index (κ2) is 13.5. The Labute approximate surface area is 138 Å². The number of hydrogen-bond acceptors (Lipinski definition) is 4. The molecule has 5 heteroatoms. The molecule has 0 amide bonds. The Hall–Kier alpha value is -2.17. The van der Waals surface area contributed by atoms with Crippen molar-refractivity contribution in [3.63, 3.8) is 0 Å². The van der Waals surface area contributed by atoms with Gasteiger partial charge in [0.1, 0.15) is 0 Å². The largest absolute Gasteiger partial charge is 0.466 e. The first-order valence-corrected chi connectivity index (χ1v) is 7.83. The van der Waals surface area contributed by atoms with Gasteiger partial charge in [-0.2, -0.15) is 0 Å². The van der Waals surface area contributed by atoms with Crippen molar-refractivity contribution in [3.05, 3.63) is 57.8 Å². The molecular formula is C18H27NO4. The number of ether oxygens (including phenoxy) is 1. The fourth-order valence-electron chi connectivity index (χ4n) is 1.87. The van der Waals surface area contributed by atoms with Crippen LogP contribution in [-0.4, -0.2) is 18.0 Å². The van der Waals surface area contributed by atoms with E-state index in [1.165, 1.54) is 24.3 Å². The van der Waals surface area contributed by atoms with Crippen LogP contribution in [0.25, 0.3) is 0 Å². The van der Waals surface area contributed by atoms with Crippen molar-refractivity contribution in [2.24, 2.45) is 0 Å². The molecule has 0 spiro atoms. The van der Waals surface area contributed by atoms with Gasteiger partial charge < -0.3 is 4.74 Å². The van der Waals surface area contributed by atoms with Gasteiger partial charge in [-0.25, -0.2) is 4.79 Å². The lowest BCUT2D eigenvalue weighted by Crippen LogP contribution is -1.93. The van der Waals surface area contributed by atoms with Crippen LogP contribution >= 0.6 is 0 Å². The Morgan fingerprint density at radius 2 is 1.83 bits per heavy atom. The minimum absolute atomic E-state index is 0.336. The summed E-state index contributed by atoms with van der Waals surface area (Å²) in [5.41, 5.74) is 2.56. The third-order valence-corrected chi connectivity index (χ3v) is 3.09. The smallest absolute Gasteiger partial charge is 0.330 e. The van der Waals surface area contributed by atoms with Crippen molar-refractivity contribution in [1.29, 1.82) is 0 Å². The fraction of sp³-hybridized carbons (Fsp3) is 0.500. The summed E-state index contributed by atoms with van der Waals surface area (Å²) in [6.45, 7) is 4.10. The van der Waals surface area contributed by atoms with Gasteiger partial charge in [-0.15, -0.1) is 0 Å². The van der Waals surface area contributed by atoms with Gasteiger partial charge in [-0.05, 0) is 58.4 Å². The molecule has 0 saturated heterocycles. The normalized spacial score (nSPS) is 11.9. The number of nitrogens with zero attached hydrogens (tertiary/aromatic N) is 1. The number of allylic oxidation sites excluding steroid dienone is 6. The quantitative estimate of drug-likeness (QED) is 0.138. The summed E-state index contributed by atoms with van der Waals surface area (Å²) in [4.78, 5) is 20.7. The number of esters is 1. The van der Waals surface area contributed by atoms with Gasteiger partial charge in [-0.1, -0.05) is 29.4 Å². The molecular weight excluding hydrogens is 294 g/mol. The number of nitro groups is 1. The molecule has 0 aliphatic carbocycles. The molecule has 0 radical (unpaired) electrons. The maximum absolute atomic E-state index is 11.0. The zero-order valence-corrected chi connectivity index (χ0v) is 14.3. The highest BCUT2D eigenvalue weighted by atomic mass is 16.6. The Balaban J connectivity index is 4.28. The summed E-state index contributed by atoms with van der Waals surface area (Å²) in [6, 6.07) is 0. The highest BCUT2D eigenvalue weighted by Gasteiger charge is 1.98. The van der Waals surface area contributed by atoms with Crippen LogP contribution in [-0.2, 0) is 9.53 Å². The van der Waals surface area contributed by atoms with Crippen molar-refractivity contribution < 1.29 is 14.5 Å². The number of carbonyl (C=O) groups is 1. The lowest BCUT2D eigenvalue weighted by atomic mass is 10.0. The van der Waals surface area contributed by atoms with Crippen molar-refractivity contribution in [3.8, 4) is 0 Å². The minimum Gasteiger partial charge on any atom is -0.466 e. The van der Waals surface area contributed by atoms with E-state index < -0.39 is 4.92 Å². The second-order valence-corrected chi connectivity index (χ2v) is 5.45. The summed E-state index contributed by atoms with van der Waals surface area (Å²) < 4.78 is 4.55. The van der Waals surface area contributed by atoms with Gasteiger partial charge in [-0.3, -0.25) is 10.1 Å². The molecule has 0 bridgehead atoms. The molecule has 0 rings (SSSR count). The highest BCUT2D eigenvalue weighted by Crippen LogP contribution is 2.16. The standard InChI is InChI=1S/C18H27NO4/c1-16(2)13-14-17(11-7-8-12-18(20)23-3)10-6-4-5-9-15-19(21)22/h8-9,12-15H,4-7,10-11H2,1-3H3/b12-8+,15-9+,17-14-. The van der Waals surface area contributed by atoms with Gasteiger partial charge >= 0.3 is 5.97 Å². The third-order valence-electron chi connectivity index (χ3n) is 3.09. The summed E-state index contributed by atoms with van der Waals surface area (Å²) in [6.07, 6.45) is 15.4. The fourth-order valence-corrected chi connectivity index (χ4v) is 1.87. The maximum atomic E-state index is 11.0. The lowest BCUT2D eigenvalue weighted by molar-refractivity contribution is -0.402. The molecule has 0 aliphatic heterocycles. The van der Waals surface area contributed by atoms with E-state index in [0.717, 1.165) is 44.7 Å². The van der Waals surface area contributed by atoms with Gasteiger partial charge in [0.15, 0.2) is 0 Å². The summed E-state index contributed by atoms with van der Waals surface area (Å²) in [5, 5.41) is 10.2. The van der Waals surface area contributed by atoms with Crippen molar-refractivity contribution in [2.75, 3.05) is 7.11 Å². The topological polar surface area (TPSA) is 69.4 Å². The van der Waals surface area contributed by atoms with E-state index in [1.54, 1.807) is 6.08 Å². The summed E-state index contributed by atoms with van der Waals surface area (Å²) >= 11 is 0. The van der Waals surface area contributed by atoms with Gasteiger partial charge in [0.25, 0.3) is 0 Å². The van der Waals surface area contributed by atoms with Crippen LogP contribution in [0.5, 0.6) is 0 Å². The van der Waals surface area contributed by atoms with Gasteiger partial charge in [0.05, 0.1) is 12.0 Å². The van der Waals surface area contributed by atoms with Crippen molar-refractivity contribution in [1.82, 2.24) is 0 Å². The van der Waals surface area contributed by atoms with Crippen LogP contribution in [0.15, 0.2) is 47.7 Å². The molecule has 0 unspecified atom stereocenters. The lowest BCUT2D eigenvalue weighted by Gasteiger charge is -2.05. The van der Waals surface area contributed by atoms with Crippen LogP contribution in [0.3, 0.4) is 0 Å². The zero-order chi connectivity index (χ0) is 17.5. The van der Waals surface area contributed by atoms with Crippen molar-refractivity contribution >= 4 is 5.97 Å². The first kappa shape index (κ1) is 20.8. The molecule has 0 atom stereocenters. The Morgan fingerprint density at radius 3 is 2.43 bits per heavy atom. The van der Waals surface area contributed by atoms with Crippen LogP contribution in [0.1, 0.15) is 52.4 Å². The van der Waals surface area contributed by atoms with E-state index in [9.17, 15) is 14.9 Å². The number of unbranched alkanes of at least 4 members (excludes halogenated alkanes) is 2. The van der Waals surface area contributed by atoms with E-state index in [1.807, 2.05) is 19.9 Å². The molecule has 0 fully saturated rings. The molecule has 0 aromatic heterocycles. The molecule has 23 heavy (non-hydrogen) atoms. The molecule has 128 valence electrons. The van der Waals surface area contributed by atoms with Crippen molar-refractivity contribution in [2.45, 2.75) is 52.4 Å². The average molecular weight is 321 g/mol. The average Bonchev–Trinajstić information content (AvgIpc) is 2.50. The van der Waals surface area contributed by atoms with Crippen LogP contribution in [0.2, 0.25) is 0 Å². The molecule has 0 aromatic carbocycles. The molecule has 0 N–H and O–H groups in total. The third kappa shape index (κ3) is 14.5. The first-order valence-electron chi connectivity index (χ1n) is 7.83. The predicted octanol–water partition coefficient (Wildman–Crippen LogP) is 4.74. The van der Waals surface area contributed by atoms with E-state index in [-0.39, 0.29) is 5.97 Å². The SMILES string of the molecule is COC(=O)/C=C/CC/C(=C\C=C(C)C)CCCC/C=C/[N+](=O)[O-]. The number of rotatable bonds is 11. The molecule has 5 nitrogen and oxygen atoms in total. The highest BCUT2D eigenvalue weighted by molar-refractivity contribution is 5.81.